The Morgan fingerprint density at radius 2 is 1.86 bits per heavy atom. The van der Waals surface area contributed by atoms with E-state index >= 15 is 0 Å². The minimum atomic E-state index is -0.491. The van der Waals surface area contributed by atoms with Crippen LogP contribution < -0.4 is 15.8 Å². The van der Waals surface area contributed by atoms with Crippen LogP contribution >= 0.6 is 23.2 Å². The molecule has 0 bridgehead atoms. The minimum Gasteiger partial charge on any atom is -0.438 e. The van der Waals surface area contributed by atoms with E-state index in [1.54, 1.807) is 30.5 Å². The maximum atomic E-state index is 11.1. The second kappa shape index (κ2) is 9.55. The Morgan fingerprint density at radius 3 is 2.54 bits per heavy atom. The van der Waals surface area contributed by atoms with Crippen molar-refractivity contribution in [2.45, 2.75) is 13.0 Å². The number of ether oxygens (including phenoxy) is 1. The van der Waals surface area contributed by atoms with Gasteiger partial charge in [-0.05, 0) is 66.6 Å². The highest BCUT2D eigenvalue weighted by Crippen LogP contribution is 2.27. The molecule has 1 aromatic heterocycles. The first-order valence-electron chi connectivity index (χ1n) is 8.68. The molecule has 0 spiro atoms. The first-order valence-corrected chi connectivity index (χ1v) is 9.44. The van der Waals surface area contributed by atoms with Crippen LogP contribution in [0.25, 0.3) is 0 Å². The summed E-state index contributed by atoms with van der Waals surface area (Å²) < 4.78 is 5.67. The summed E-state index contributed by atoms with van der Waals surface area (Å²) in [5.74, 6) is 0.331. The van der Waals surface area contributed by atoms with Crippen LogP contribution in [0.2, 0.25) is 10.0 Å². The fourth-order valence-corrected chi connectivity index (χ4v) is 3.03. The maximum Gasteiger partial charge on any atom is 0.248 e. The van der Waals surface area contributed by atoms with Gasteiger partial charge in [-0.25, -0.2) is 4.98 Å². The zero-order valence-corrected chi connectivity index (χ0v) is 16.5. The number of nitrogens with two attached hydrogens (primary N) is 1. The summed E-state index contributed by atoms with van der Waals surface area (Å²) in [4.78, 5) is 15.4. The van der Waals surface area contributed by atoms with Gasteiger partial charge in [0.2, 0.25) is 11.8 Å². The van der Waals surface area contributed by atoms with Gasteiger partial charge in [-0.3, -0.25) is 4.79 Å². The summed E-state index contributed by atoms with van der Waals surface area (Å²) in [7, 11) is 0. The molecule has 5 nitrogen and oxygen atoms in total. The first-order chi connectivity index (χ1) is 13.5. The Bertz CT molecular complexity index is 962. The van der Waals surface area contributed by atoms with Crippen molar-refractivity contribution < 1.29 is 9.53 Å². The maximum absolute atomic E-state index is 11.1. The second-order valence-electron chi connectivity index (χ2n) is 6.18. The van der Waals surface area contributed by atoms with Crippen LogP contribution in [-0.2, 0) is 13.0 Å². The molecule has 0 saturated carbocycles. The van der Waals surface area contributed by atoms with Crippen molar-refractivity contribution in [1.82, 2.24) is 10.3 Å². The van der Waals surface area contributed by atoms with E-state index in [1.807, 2.05) is 30.3 Å². The van der Waals surface area contributed by atoms with Crippen molar-refractivity contribution in [3.05, 3.63) is 87.5 Å². The monoisotopic (exact) mass is 415 g/mol. The summed E-state index contributed by atoms with van der Waals surface area (Å²) in [6, 6.07) is 16.1. The lowest BCUT2D eigenvalue weighted by Gasteiger charge is -2.09. The standard InChI is InChI=1S/C21H19Cl2N3O2/c22-17-3-1-2-14(10-17)8-9-25-12-15-11-19(23)21(26-13-15)28-18-6-4-16(5-7-18)20(24)27/h1-7,10-11,13,25H,8-9,12H2,(H2,24,27). The molecular weight excluding hydrogens is 397 g/mol. The molecule has 0 unspecified atom stereocenters. The lowest BCUT2D eigenvalue weighted by molar-refractivity contribution is 0.100. The van der Waals surface area contributed by atoms with Crippen LogP contribution in [-0.4, -0.2) is 17.4 Å². The Labute approximate surface area is 173 Å². The lowest BCUT2D eigenvalue weighted by Crippen LogP contribution is -2.16. The van der Waals surface area contributed by atoms with E-state index in [0.29, 0.717) is 28.8 Å². The molecule has 0 atom stereocenters. The number of benzene rings is 2. The molecular formula is C21H19Cl2N3O2. The van der Waals surface area contributed by atoms with Crippen LogP contribution in [0.3, 0.4) is 0 Å². The number of amides is 1. The molecule has 0 radical (unpaired) electrons. The number of nitrogens with one attached hydrogen (secondary N) is 1. The Kier molecular flexibility index (Phi) is 6.87. The average Bonchev–Trinajstić information content (AvgIpc) is 2.68. The van der Waals surface area contributed by atoms with Gasteiger partial charge in [-0.2, -0.15) is 0 Å². The van der Waals surface area contributed by atoms with Gasteiger partial charge >= 0.3 is 0 Å². The highest BCUT2D eigenvalue weighted by atomic mass is 35.5. The smallest absolute Gasteiger partial charge is 0.248 e. The van der Waals surface area contributed by atoms with E-state index in [4.69, 9.17) is 33.7 Å². The number of hydrogen-bond donors (Lipinski definition) is 2. The minimum absolute atomic E-state index is 0.302. The van der Waals surface area contributed by atoms with Crippen LogP contribution in [0.1, 0.15) is 21.5 Å². The van der Waals surface area contributed by atoms with Gasteiger partial charge in [0.25, 0.3) is 0 Å². The molecule has 144 valence electrons. The van der Waals surface area contributed by atoms with Crippen molar-refractivity contribution >= 4 is 29.1 Å². The van der Waals surface area contributed by atoms with Crippen molar-refractivity contribution in [2.24, 2.45) is 5.73 Å². The normalized spacial score (nSPS) is 10.6. The number of nitrogens with zero attached hydrogens (tertiary/aromatic N) is 1. The zero-order valence-electron chi connectivity index (χ0n) is 15.0. The third-order valence-electron chi connectivity index (χ3n) is 4.03. The number of carbonyl (C=O) groups excluding carboxylic acids is 1. The van der Waals surface area contributed by atoms with E-state index in [2.05, 4.69) is 10.3 Å². The fourth-order valence-electron chi connectivity index (χ4n) is 2.59. The van der Waals surface area contributed by atoms with Gasteiger partial charge in [-0.1, -0.05) is 35.3 Å². The second-order valence-corrected chi connectivity index (χ2v) is 7.02. The molecule has 0 aliphatic heterocycles. The molecule has 2 aromatic carbocycles. The quantitative estimate of drug-likeness (QED) is 0.526. The Hall–Kier alpha value is -2.60. The van der Waals surface area contributed by atoms with Crippen molar-refractivity contribution in [3.63, 3.8) is 0 Å². The first kappa shape index (κ1) is 20.1. The summed E-state index contributed by atoms with van der Waals surface area (Å²) in [5, 5.41) is 4.51. The van der Waals surface area contributed by atoms with Gasteiger partial charge in [0.1, 0.15) is 10.8 Å². The van der Waals surface area contributed by atoms with Gasteiger partial charge < -0.3 is 15.8 Å². The summed E-state index contributed by atoms with van der Waals surface area (Å²) in [6.07, 6.45) is 2.59. The average molecular weight is 416 g/mol. The van der Waals surface area contributed by atoms with E-state index in [-0.39, 0.29) is 0 Å². The molecule has 3 rings (SSSR count). The van der Waals surface area contributed by atoms with E-state index in [9.17, 15) is 4.79 Å². The van der Waals surface area contributed by atoms with Crippen molar-refractivity contribution in [2.75, 3.05) is 6.54 Å². The van der Waals surface area contributed by atoms with Crippen molar-refractivity contribution in [1.29, 1.82) is 0 Å². The molecule has 1 heterocycles. The highest BCUT2D eigenvalue weighted by molar-refractivity contribution is 6.32. The number of hydrogen-bond acceptors (Lipinski definition) is 4. The summed E-state index contributed by atoms with van der Waals surface area (Å²) in [6.45, 7) is 1.45. The van der Waals surface area contributed by atoms with Crippen molar-refractivity contribution in [3.8, 4) is 11.6 Å². The molecule has 0 fully saturated rings. The fraction of sp³-hybridized carbons (Fsp3) is 0.143. The summed E-state index contributed by atoms with van der Waals surface area (Å²) in [5.41, 5.74) is 7.76. The number of halogens is 2. The largest absolute Gasteiger partial charge is 0.438 e. The van der Waals surface area contributed by atoms with E-state index in [1.165, 1.54) is 5.56 Å². The van der Waals surface area contributed by atoms with Gasteiger partial charge in [0.15, 0.2) is 0 Å². The number of rotatable bonds is 8. The zero-order chi connectivity index (χ0) is 19.9. The highest BCUT2D eigenvalue weighted by Gasteiger charge is 2.08. The van der Waals surface area contributed by atoms with Gasteiger partial charge in [0.05, 0.1) is 0 Å². The molecule has 0 aliphatic carbocycles. The predicted molar refractivity (Wildman–Crippen MR) is 111 cm³/mol. The van der Waals surface area contributed by atoms with Crippen LogP contribution in [0.5, 0.6) is 11.6 Å². The summed E-state index contributed by atoms with van der Waals surface area (Å²) >= 11 is 12.3. The Balaban J connectivity index is 1.52. The topological polar surface area (TPSA) is 77.2 Å². The Morgan fingerprint density at radius 1 is 1.07 bits per heavy atom. The number of aromatic nitrogens is 1. The van der Waals surface area contributed by atoms with Gasteiger partial charge in [0, 0.05) is 23.3 Å². The predicted octanol–water partition coefficient (Wildman–Crippen LogP) is 4.61. The molecule has 3 N–H and O–H groups in total. The van der Waals surface area contributed by atoms with Crippen LogP contribution in [0.4, 0.5) is 0 Å². The van der Waals surface area contributed by atoms with E-state index < -0.39 is 5.91 Å². The van der Waals surface area contributed by atoms with Crippen LogP contribution in [0, 0.1) is 0 Å². The molecule has 7 heteroatoms. The molecule has 28 heavy (non-hydrogen) atoms. The third kappa shape index (κ3) is 5.70. The number of primary amides is 1. The number of pyridine rings is 1. The van der Waals surface area contributed by atoms with E-state index in [0.717, 1.165) is 23.6 Å². The van der Waals surface area contributed by atoms with Gasteiger partial charge in [-0.15, -0.1) is 0 Å². The molecule has 0 saturated heterocycles. The third-order valence-corrected chi connectivity index (χ3v) is 4.53. The lowest BCUT2D eigenvalue weighted by atomic mass is 10.1. The SMILES string of the molecule is NC(=O)c1ccc(Oc2ncc(CNCCc3cccc(Cl)c3)cc2Cl)cc1. The van der Waals surface area contributed by atoms with Crippen LogP contribution in [0.15, 0.2) is 60.8 Å². The number of carbonyl (C=O) groups is 1. The molecule has 1 amide bonds. The molecule has 0 aliphatic rings. The molecule has 3 aromatic rings.